The lowest BCUT2D eigenvalue weighted by Gasteiger charge is -2.12. The van der Waals surface area contributed by atoms with Crippen molar-refractivity contribution in [2.24, 2.45) is 5.73 Å². The van der Waals surface area contributed by atoms with E-state index in [2.05, 4.69) is 15.9 Å². The Morgan fingerprint density at radius 2 is 2.13 bits per heavy atom. The van der Waals surface area contributed by atoms with Gasteiger partial charge in [-0.15, -0.1) is 0 Å². The first-order valence-electron chi connectivity index (χ1n) is 4.41. The minimum absolute atomic E-state index is 0.203. The van der Waals surface area contributed by atoms with Crippen LogP contribution in [-0.4, -0.2) is 0 Å². The predicted octanol–water partition coefficient (Wildman–Crippen LogP) is 3.70. The van der Waals surface area contributed by atoms with Gasteiger partial charge in [-0.3, -0.25) is 0 Å². The van der Waals surface area contributed by atoms with Gasteiger partial charge in [0.15, 0.2) is 0 Å². The molecule has 0 fully saturated rings. The topological polar surface area (TPSA) is 26.0 Å². The van der Waals surface area contributed by atoms with Gasteiger partial charge in [0.25, 0.3) is 0 Å². The van der Waals surface area contributed by atoms with E-state index in [1.165, 1.54) is 12.1 Å². The van der Waals surface area contributed by atoms with Crippen LogP contribution in [0.15, 0.2) is 39.5 Å². The summed E-state index contributed by atoms with van der Waals surface area (Å²) in [6, 6.07) is 6.34. The molecule has 0 bridgehead atoms. The van der Waals surface area contributed by atoms with E-state index >= 15 is 0 Å². The second-order valence-electron chi connectivity index (χ2n) is 3.20. The molecule has 0 amide bonds. The van der Waals surface area contributed by atoms with E-state index in [-0.39, 0.29) is 11.9 Å². The number of hydrogen-bond donors (Lipinski definition) is 1. The van der Waals surface area contributed by atoms with Gasteiger partial charge in [-0.2, -0.15) is 11.3 Å². The smallest absolute Gasteiger partial charge is 0.124 e. The fourth-order valence-electron chi connectivity index (χ4n) is 1.39. The van der Waals surface area contributed by atoms with Crippen LogP contribution in [0, 0.1) is 5.82 Å². The standard InChI is InChI=1S/C11H9BrFNS/c12-10-5-8(13)1-2-9(10)11(14)7-3-4-15-6-7/h1-6,11H,14H2/t11-/m1/s1. The average Bonchev–Trinajstić information content (AvgIpc) is 2.69. The summed E-state index contributed by atoms with van der Waals surface area (Å²) in [7, 11) is 0. The van der Waals surface area contributed by atoms with Crippen molar-refractivity contribution < 1.29 is 4.39 Å². The molecule has 15 heavy (non-hydrogen) atoms. The molecule has 1 heterocycles. The van der Waals surface area contributed by atoms with Crippen LogP contribution in [-0.2, 0) is 0 Å². The van der Waals surface area contributed by atoms with Crippen LogP contribution in [0.1, 0.15) is 17.2 Å². The van der Waals surface area contributed by atoms with Crippen LogP contribution in [0.5, 0.6) is 0 Å². The molecule has 0 spiro atoms. The van der Waals surface area contributed by atoms with Gasteiger partial charge in [0, 0.05) is 4.47 Å². The average molecular weight is 286 g/mol. The largest absolute Gasteiger partial charge is 0.320 e. The Balaban J connectivity index is 2.38. The Kier molecular flexibility index (Phi) is 3.19. The number of hydrogen-bond acceptors (Lipinski definition) is 2. The molecule has 4 heteroatoms. The third kappa shape index (κ3) is 2.27. The molecule has 0 radical (unpaired) electrons. The number of thiophene rings is 1. The van der Waals surface area contributed by atoms with Crippen molar-refractivity contribution in [2.75, 3.05) is 0 Å². The molecule has 0 aliphatic heterocycles. The van der Waals surface area contributed by atoms with E-state index in [1.807, 2.05) is 16.8 Å². The van der Waals surface area contributed by atoms with Crippen LogP contribution in [0.25, 0.3) is 0 Å². The molecule has 0 saturated carbocycles. The van der Waals surface area contributed by atoms with Gasteiger partial charge in [-0.25, -0.2) is 4.39 Å². The van der Waals surface area contributed by atoms with E-state index in [0.29, 0.717) is 4.47 Å². The van der Waals surface area contributed by atoms with Gasteiger partial charge in [0.1, 0.15) is 5.82 Å². The summed E-state index contributed by atoms with van der Waals surface area (Å²) in [5.74, 6) is -0.261. The summed E-state index contributed by atoms with van der Waals surface area (Å²) in [4.78, 5) is 0. The lowest BCUT2D eigenvalue weighted by atomic mass is 10.0. The molecular weight excluding hydrogens is 277 g/mol. The zero-order valence-electron chi connectivity index (χ0n) is 7.78. The summed E-state index contributed by atoms with van der Waals surface area (Å²) in [5.41, 5.74) is 8.01. The van der Waals surface area contributed by atoms with E-state index in [1.54, 1.807) is 17.4 Å². The summed E-state index contributed by atoms with van der Waals surface area (Å²) in [6.45, 7) is 0. The molecule has 0 aliphatic rings. The second-order valence-corrected chi connectivity index (χ2v) is 4.83. The van der Waals surface area contributed by atoms with E-state index in [9.17, 15) is 4.39 Å². The zero-order chi connectivity index (χ0) is 10.8. The Morgan fingerprint density at radius 3 is 2.73 bits per heavy atom. The first-order valence-corrected chi connectivity index (χ1v) is 6.14. The maximum atomic E-state index is 12.9. The molecule has 1 aromatic carbocycles. The van der Waals surface area contributed by atoms with E-state index < -0.39 is 0 Å². The monoisotopic (exact) mass is 285 g/mol. The van der Waals surface area contributed by atoms with Crippen LogP contribution >= 0.6 is 27.3 Å². The highest BCUT2D eigenvalue weighted by Gasteiger charge is 2.12. The lowest BCUT2D eigenvalue weighted by molar-refractivity contribution is 0.625. The van der Waals surface area contributed by atoms with Crippen LogP contribution in [0.2, 0.25) is 0 Å². The first-order chi connectivity index (χ1) is 7.18. The Labute approximate surface area is 99.9 Å². The van der Waals surface area contributed by atoms with Crippen molar-refractivity contribution in [1.82, 2.24) is 0 Å². The van der Waals surface area contributed by atoms with Crippen molar-refractivity contribution in [2.45, 2.75) is 6.04 Å². The molecule has 78 valence electrons. The third-order valence-electron chi connectivity index (χ3n) is 2.20. The van der Waals surface area contributed by atoms with Crippen LogP contribution < -0.4 is 5.73 Å². The molecule has 0 unspecified atom stereocenters. The second kappa shape index (κ2) is 4.43. The van der Waals surface area contributed by atoms with E-state index in [4.69, 9.17) is 5.73 Å². The summed E-state index contributed by atoms with van der Waals surface area (Å²) in [5, 5.41) is 3.98. The van der Waals surface area contributed by atoms with Gasteiger partial charge in [-0.1, -0.05) is 22.0 Å². The molecule has 2 N–H and O–H groups in total. The predicted molar refractivity (Wildman–Crippen MR) is 64.4 cm³/mol. The molecule has 2 aromatic rings. The summed E-state index contributed by atoms with van der Waals surface area (Å²) in [6.07, 6.45) is 0. The van der Waals surface area contributed by atoms with Gasteiger partial charge in [0.05, 0.1) is 6.04 Å². The maximum absolute atomic E-state index is 12.9. The van der Waals surface area contributed by atoms with Gasteiger partial charge in [0.2, 0.25) is 0 Å². The molecular formula is C11H9BrFNS. The molecule has 1 aromatic heterocycles. The molecule has 0 saturated heterocycles. The highest BCUT2D eigenvalue weighted by molar-refractivity contribution is 9.10. The minimum Gasteiger partial charge on any atom is -0.320 e. The molecule has 1 nitrogen and oxygen atoms in total. The molecule has 0 aliphatic carbocycles. The number of rotatable bonds is 2. The molecule has 1 atom stereocenters. The summed E-state index contributed by atoms with van der Waals surface area (Å²) < 4.78 is 13.6. The normalized spacial score (nSPS) is 12.7. The van der Waals surface area contributed by atoms with Gasteiger partial charge >= 0.3 is 0 Å². The van der Waals surface area contributed by atoms with Crippen LogP contribution in [0.3, 0.4) is 0 Å². The van der Waals surface area contributed by atoms with Crippen molar-refractivity contribution in [3.63, 3.8) is 0 Å². The Morgan fingerprint density at radius 1 is 1.33 bits per heavy atom. The quantitative estimate of drug-likeness (QED) is 0.895. The fourth-order valence-corrected chi connectivity index (χ4v) is 2.68. The SMILES string of the molecule is N[C@H](c1ccsc1)c1ccc(F)cc1Br. The maximum Gasteiger partial charge on any atom is 0.124 e. The highest BCUT2D eigenvalue weighted by atomic mass is 79.9. The van der Waals surface area contributed by atoms with E-state index in [0.717, 1.165) is 11.1 Å². The number of nitrogens with two attached hydrogens (primary N) is 1. The number of halogens is 2. The van der Waals surface area contributed by atoms with Crippen molar-refractivity contribution in [1.29, 1.82) is 0 Å². The first kappa shape index (κ1) is 10.8. The minimum atomic E-state index is -0.261. The fraction of sp³-hybridized carbons (Fsp3) is 0.0909. The summed E-state index contributed by atoms with van der Waals surface area (Å²) >= 11 is 4.92. The third-order valence-corrected chi connectivity index (χ3v) is 3.59. The van der Waals surface area contributed by atoms with Crippen LogP contribution in [0.4, 0.5) is 4.39 Å². The Hall–Kier alpha value is -0.710. The van der Waals surface area contributed by atoms with Gasteiger partial charge in [-0.05, 0) is 40.1 Å². The van der Waals surface area contributed by atoms with Gasteiger partial charge < -0.3 is 5.73 Å². The number of benzene rings is 1. The lowest BCUT2D eigenvalue weighted by Crippen LogP contribution is -2.11. The highest BCUT2D eigenvalue weighted by Crippen LogP contribution is 2.28. The Bertz CT molecular complexity index is 456. The van der Waals surface area contributed by atoms with Crippen molar-refractivity contribution in [3.05, 3.63) is 56.4 Å². The molecule has 2 rings (SSSR count). The van der Waals surface area contributed by atoms with Crippen molar-refractivity contribution >= 4 is 27.3 Å². The zero-order valence-corrected chi connectivity index (χ0v) is 10.2. The van der Waals surface area contributed by atoms with Crippen molar-refractivity contribution in [3.8, 4) is 0 Å².